The number of ether oxygens (including phenoxy) is 1. The van der Waals surface area contributed by atoms with Gasteiger partial charge in [-0.3, -0.25) is 4.79 Å². The molecule has 1 saturated carbocycles. The molecule has 0 atom stereocenters. The van der Waals surface area contributed by atoms with Gasteiger partial charge in [-0.25, -0.2) is 9.67 Å². The fraction of sp³-hybridized carbons (Fsp3) is 0.381. The summed E-state index contributed by atoms with van der Waals surface area (Å²) in [6.07, 6.45) is 2.93. The number of amides is 1. The Hall–Kier alpha value is -3.09. The van der Waals surface area contributed by atoms with Crippen LogP contribution in [0.1, 0.15) is 41.4 Å². The number of para-hydroxylation sites is 1. The largest absolute Gasteiger partial charge is 0.481 e. The van der Waals surface area contributed by atoms with Crippen LogP contribution in [-0.2, 0) is 20.0 Å². The summed E-state index contributed by atoms with van der Waals surface area (Å²) in [5, 5.41) is 11.8. The Labute approximate surface area is 164 Å². The summed E-state index contributed by atoms with van der Waals surface area (Å²) in [5.74, 6) is 1.35. The number of methoxy groups -OCH3 is 1. The van der Waals surface area contributed by atoms with Crippen LogP contribution >= 0.6 is 0 Å². The summed E-state index contributed by atoms with van der Waals surface area (Å²) < 4.78 is 7.25. The average molecular weight is 379 g/mol. The molecule has 28 heavy (non-hydrogen) atoms. The average Bonchev–Trinajstić information content (AvgIpc) is 3.46. The molecule has 1 aliphatic rings. The van der Waals surface area contributed by atoms with E-state index in [0.717, 1.165) is 47.3 Å². The monoisotopic (exact) mass is 379 g/mol. The number of rotatable bonds is 7. The normalized spacial score (nSPS) is 13.5. The molecule has 2 heterocycles. The Balaban J connectivity index is 1.65. The predicted octanol–water partition coefficient (Wildman–Crippen LogP) is 3.04. The van der Waals surface area contributed by atoms with Crippen molar-refractivity contribution in [1.29, 1.82) is 0 Å². The van der Waals surface area contributed by atoms with Gasteiger partial charge in [0.1, 0.15) is 5.82 Å². The van der Waals surface area contributed by atoms with Crippen molar-refractivity contribution >= 4 is 22.6 Å². The standard InChI is InChI=1S/C21H25N5O2/c1-4-17-16(21(28-3)26(2)25-17)12-22-19-11-15(20(27)23-13-9-10-13)14-7-5-6-8-18(14)24-19/h5-8,11,13H,4,9-10,12H2,1-3H3,(H,22,24)(H,23,27). The molecule has 0 saturated heterocycles. The third kappa shape index (κ3) is 3.52. The second-order valence-corrected chi connectivity index (χ2v) is 7.09. The van der Waals surface area contributed by atoms with Crippen molar-refractivity contribution in [2.24, 2.45) is 7.05 Å². The minimum atomic E-state index is -0.0441. The van der Waals surface area contributed by atoms with Gasteiger partial charge in [0.2, 0.25) is 5.88 Å². The number of pyridine rings is 1. The molecule has 1 aromatic carbocycles. The molecule has 2 N–H and O–H groups in total. The lowest BCUT2D eigenvalue weighted by molar-refractivity contribution is 0.0952. The smallest absolute Gasteiger partial charge is 0.252 e. The van der Waals surface area contributed by atoms with E-state index in [1.807, 2.05) is 37.4 Å². The van der Waals surface area contributed by atoms with Crippen LogP contribution in [0.5, 0.6) is 5.88 Å². The highest BCUT2D eigenvalue weighted by Gasteiger charge is 2.25. The number of aromatic nitrogens is 3. The second kappa shape index (κ2) is 7.50. The fourth-order valence-electron chi connectivity index (χ4n) is 3.45. The number of carbonyl (C=O) groups is 1. The van der Waals surface area contributed by atoms with Gasteiger partial charge in [0.15, 0.2) is 0 Å². The summed E-state index contributed by atoms with van der Waals surface area (Å²) in [6, 6.07) is 9.86. The Morgan fingerprint density at radius 3 is 2.82 bits per heavy atom. The zero-order chi connectivity index (χ0) is 19.7. The van der Waals surface area contributed by atoms with Crippen molar-refractivity contribution in [3.63, 3.8) is 0 Å². The lowest BCUT2D eigenvalue weighted by Crippen LogP contribution is -2.25. The number of hydrogen-bond acceptors (Lipinski definition) is 5. The van der Waals surface area contributed by atoms with Crippen molar-refractivity contribution in [1.82, 2.24) is 20.1 Å². The van der Waals surface area contributed by atoms with Gasteiger partial charge in [-0.2, -0.15) is 5.10 Å². The molecule has 0 bridgehead atoms. The molecule has 3 aromatic rings. The van der Waals surface area contributed by atoms with E-state index in [1.165, 1.54) is 0 Å². The summed E-state index contributed by atoms with van der Waals surface area (Å²) in [6.45, 7) is 2.59. The molecule has 7 nitrogen and oxygen atoms in total. The van der Waals surface area contributed by atoms with Gasteiger partial charge in [-0.1, -0.05) is 25.1 Å². The van der Waals surface area contributed by atoms with E-state index < -0.39 is 0 Å². The van der Waals surface area contributed by atoms with Gasteiger partial charge in [0.05, 0.1) is 29.4 Å². The first-order chi connectivity index (χ1) is 13.6. The maximum Gasteiger partial charge on any atom is 0.252 e. The molecule has 146 valence electrons. The van der Waals surface area contributed by atoms with Crippen LogP contribution in [0, 0.1) is 0 Å². The highest BCUT2D eigenvalue weighted by molar-refractivity contribution is 6.07. The SMILES string of the molecule is CCc1nn(C)c(OC)c1CNc1cc(C(=O)NC2CC2)c2ccccc2n1. The molecule has 0 spiro atoms. The van der Waals surface area contributed by atoms with Crippen molar-refractivity contribution in [3.05, 3.63) is 47.2 Å². The molecule has 1 amide bonds. The lowest BCUT2D eigenvalue weighted by atomic mass is 10.1. The molecule has 2 aromatic heterocycles. The maximum absolute atomic E-state index is 12.7. The van der Waals surface area contributed by atoms with Crippen molar-refractivity contribution < 1.29 is 9.53 Å². The predicted molar refractivity (Wildman–Crippen MR) is 109 cm³/mol. The van der Waals surface area contributed by atoms with Gasteiger partial charge in [0, 0.05) is 25.0 Å². The summed E-state index contributed by atoms with van der Waals surface area (Å²) in [5.41, 5.74) is 3.43. The number of aryl methyl sites for hydroxylation is 2. The molecular weight excluding hydrogens is 354 g/mol. The highest BCUT2D eigenvalue weighted by atomic mass is 16.5. The Kier molecular flexibility index (Phi) is 4.90. The quantitative estimate of drug-likeness (QED) is 0.659. The molecule has 4 rings (SSSR count). The number of nitrogens with zero attached hydrogens (tertiary/aromatic N) is 3. The highest BCUT2D eigenvalue weighted by Crippen LogP contribution is 2.26. The van der Waals surface area contributed by atoms with E-state index >= 15 is 0 Å². The molecule has 7 heteroatoms. The van der Waals surface area contributed by atoms with Gasteiger partial charge >= 0.3 is 0 Å². The Bertz CT molecular complexity index is 1020. The zero-order valence-corrected chi connectivity index (χ0v) is 16.5. The number of benzene rings is 1. The Morgan fingerprint density at radius 1 is 1.32 bits per heavy atom. The molecule has 1 aliphatic carbocycles. The van der Waals surface area contributed by atoms with Gasteiger partial charge in [-0.05, 0) is 31.4 Å². The number of nitrogens with one attached hydrogen (secondary N) is 2. The third-order valence-corrected chi connectivity index (χ3v) is 5.02. The number of hydrogen-bond donors (Lipinski definition) is 2. The minimum absolute atomic E-state index is 0.0441. The maximum atomic E-state index is 12.7. The van der Waals surface area contributed by atoms with Crippen molar-refractivity contribution in [2.45, 2.75) is 38.8 Å². The van der Waals surface area contributed by atoms with Crippen LogP contribution in [0.4, 0.5) is 5.82 Å². The number of anilines is 1. The molecule has 0 unspecified atom stereocenters. The zero-order valence-electron chi connectivity index (χ0n) is 16.5. The van der Waals surface area contributed by atoms with Crippen LogP contribution < -0.4 is 15.4 Å². The molecular formula is C21H25N5O2. The van der Waals surface area contributed by atoms with E-state index in [0.29, 0.717) is 24.0 Å². The third-order valence-electron chi connectivity index (χ3n) is 5.02. The first kappa shape index (κ1) is 18.3. The van der Waals surface area contributed by atoms with Crippen molar-refractivity contribution in [2.75, 3.05) is 12.4 Å². The van der Waals surface area contributed by atoms with Crippen LogP contribution in [0.15, 0.2) is 30.3 Å². The summed E-state index contributed by atoms with van der Waals surface area (Å²) in [7, 11) is 3.52. The van der Waals surface area contributed by atoms with Crippen LogP contribution in [-0.4, -0.2) is 33.8 Å². The fourth-order valence-corrected chi connectivity index (χ4v) is 3.45. The van der Waals surface area contributed by atoms with Crippen LogP contribution in [0.2, 0.25) is 0 Å². The van der Waals surface area contributed by atoms with E-state index in [9.17, 15) is 4.79 Å². The number of fused-ring (bicyclic) bond motifs is 1. The van der Waals surface area contributed by atoms with Gasteiger partial charge in [-0.15, -0.1) is 0 Å². The van der Waals surface area contributed by atoms with Crippen molar-refractivity contribution in [3.8, 4) is 5.88 Å². The molecule has 1 fully saturated rings. The minimum Gasteiger partial charge on any atom is -0.481 e. The first-order valence-electron chi connectivity index (χ1n) is 9.64. The molecule has 0 radical (unpaired) electrons. The number of carbonyl (C=O) groups excluding carboxylic acids is 1. The van der Waals surface area contributed by atoms with E-state index in [1.54, 1.807) is 11.8 Å². The molecule has 0 aliphatic heterocycles. The lowest BCUT2D eigenvalue weighted by Gasteiger charge is -2.12. The van der Waals surface area contributed by atoms with E-state index in [4.69, 9.17) is 4.74 Å². The summed E-state index contributed by atoms with van der Waals surface area (Å²) >= 11 is 0. The van der Waals surface area contributed by atoms with Crippen LogP contribution in [0.25, 0.3) is 10.9 Å². The Morgan fingerprint density at radius 2 is 2.11 bits per heavy atom. The van der Waals surface area contributed by atoms with E-state index in [-0.39, 0.29) is 5.91 Å². The van der Waals surface area contributed by atoms with Crippen LogP contribution in [0.3, 0.4) is 0 Å². The van der Waals surface area contributed by atoms with Gasteiger partial charge in [0.25, 0.3) is 5.91 Å². The summed E-state index contributed by atoms with van der Waals surface area (Å²) in [4.78, 5) is 17.4. The van der Waals surface area contributed by atoms with Gasteiger partial charge < -0.3 is 15.4 Å². The topological polar surface area (TPSA) is 81.1 Å². The first-order valence-corrected chi connectivity index (χ1v) is 9.64. The van der Waals surface area contributed by atoms with E-state index in [2.05, 4.69) is 27.6 Å². The second-order valence-electron chi connectivity index (χ2n) is 7.09.